The van der Waals surface area contributed by atoms with Crippen LogP contribution in [0.1, 0.15) is 42.1 Å². The number of phenolic OH excluding ortho intramolecular Hbond substituents is 1. The smallest absolute Gasteiger partial charge is 0.254 e. The van der Waals surface area contributed by atoms with Gasteiger partial charge in [0.1, 0.15) is 17.8 Å². The molecule has 266 valence electrons. The Morgan fingerprint density at radius 3 is 2.34 bits per heavy atom. The van der Waals surface area contributed by atoms with Gasteiger partial charge in [0.15, 0.2) is 6.10 Å². The van der Waals surface area contributed by atoms with E-state index in [0.717, 1.165) is 16.7 Å². The van der Waals surface area contributed by atoms with E-state index in [1.54, 1.807) is 18.4 Å². The molecule has 1 heterocycles. The van der Waals surface area contributed by atoms with E-state index in [4.69, 9.17) is 0 Å². The van der Waals surface area contributed by atoms with Crippen LogP contribution in [0.2, 0.25) is 0 Å². The highest BCUT2D eigenvalue weighted by atomic mass is 32.2. The molecular formula is C37H44N4O7S2. The first kappa shape index (κ1) is 37.2. The Morgan fingerprint density at radius 2 is 1.64 bits per heavy atom. The fourth-order valence-electron chi connectivity index (χ4n) is 6.52. The molecule has 13 heteroatoms. The molecule has 0 aromatic heterocycles. The van der Waals surface area contributed by atoms with Crippen molar-refractivity contribution in [3.63, 3.8) is 0 Å². The number of nitrogens with zero attached hydrogens (tertiary/aromatic N) is 1. The normalized spacial score (nSPS) is 21.1. The minimum atomic E-state index is -1.72. The Bertz CT molecular complexity index is 1670. The number of aliphatic hydroxyl groups is 2. The summed E-state index contributed by atoms with van der Waals surface area (Å²) in [7, 11) is 0. The Hall–Kier alpha value is -4.04. The van der Waals surface area contributed by atoms with Crippen LogP contribution < -0.4 is 16.0 Å². The largest absolute Gasteiger partial charge is 0.508 e. The zero-order valence-electron chi connectivity index (χ0n) is 28.2. The van der Waals surface area contributed by atoms with Crippen molar-refractivity contribution in [2.75, 3.05) is 17.9 Å². The first-order valence-corrected chi connectivity index (χ1v) is 18.8. The molecule has 0 spiro atoms. The van der Waals surface area contributed by atoms with Crippen molar-refractivity contribution >= 4 is 47.2 Å². The van der Waals surface area contributed by atoms with Crippen LogP contribution in [-0.4, -0.2) is 96.8 Å². The van der Waals surface area contributed by atoms with Crippen LogP contribution in [0, 0.1) is 0 Å². The Labute approximate surface area is 300 Å². The van der Waals surface area contributed by atoms with E-state index in [1.165, 1.54) is 40.6 Å². The van der Waals surface area contributed by atoms with Crippen molar-refractivity contribution in [3.8, 4) is 5.75 Å². The summed E-state index contributed by atoms with van der Waals surface area (Å²) in [4.78, 5) is 56.1. The molecule has 50 heavy (non-hydrogen) atoms. The highest BCUT2D eigenvalue weighted by molar-refractivity contribution is 8.00. The van der Waals surface area contributed by atoms with Gasteiger partial charge in [0, 0.05) is 16.9 Å². The molecule has 6 atom stereocenters. The molecule has 1 aliphatic carbocycles. The van der Waals surface area contributed by atoms with E-state index < -0.39 is 64.8 Å². The molecular weight excluding hydrogens is 677 g/mol. The van der Waals surface area contributed by atoms with Crippen molar-refractivity contribution in [3.05, 3.63) is 101 Å². The van der Waals surface area contributed by atoms with E-state index in [2.05, 4.69) is 16.0 Å². The lowest BCUT2D eigenvalue weighted by Gasteiger charge is -2.34. The highest BCUT2D eigenvalue weighted by Crippen LogP contribution is 2.41. The van der Waals surface area contributed by atoms with Gasteiger partial charge in [-0.1, -0.05) is 66.7 Å². The predicted molar refractivity (Wildman–Crippen MR) is 194 cm³/mol. The molecule has 5 rings (SSSR count). The molecule has 4 amide bonds. The summed E-state index contributed by atoms with van der Waals surface area (Å²) in [5.41, 5.74) is 3.20. The van der Waals surface area contributed by atoms with Crippen LogP contribution in [0.3, 0.4) is 0 Å². The van der Waals surface area contributed by atoms with Crippen LogP contribution in [-0.2, 0) is 38.4 Å². The quantitative estimate of drug-likeness (QED) is 0.155. The number of hydrogen-bond acceptors (Lipinski definition) is 9. The lowest BCUT2D eigenvalue weighted by Crippen LogP contribution is -2.60. The number of benzene rings is 3. The minimum Gasteiger partial charge on any atom is -0.508 e. The molecule has 0 bridgehead atoms. The summed E-state index contributed by atoms with van der Waals surface area (Å²) >= 11 is 2.76. The summed E-state index contributed by atoms with van der Waals surface area (Å²) in [5, 5.41) is 40.6. The van der Waals surface area contributed by atoms with Crippen molar-refractivity contribution in [2.24, 2.45) is 0 Å². The Kier molecular flexibility index (Phi) is 12.2. The number of carbonyl (C=O) groups excluding carboxylic acids is 4. The third-order valence-corrected chi connectivity index (χ3v) is 11.2. The molecule has 2 aliphatic rings. The fraction of sp³-hybridized carbons (Fsp3) is 0.405. The molecule has 0 saturated carbocycles. The van der Waals surface area contributed by atoms with Gasteiger partial charge < -0.3 is 36.2 Å². The maximum absolute atomic E-state index is 14.2. The minimum absolute atomic E-state index is 0.0116. The molecule has 11 nitrogen and oxygen atoms in total. The van der Waals surface area contributed by atoms with Crippen molar-refractivity contribution in [2.45, 2.75) is 74.2 Å². The number of thioether (sulfide) groups is 2. The average Bonchev–Trinajstić information content (AvgIpc) is 3.59. The summed E-state index contributed by atoms with van der Waals surface area (Å²) in [6.45, 7) is 3.72. The van der Waals surface area contributed by atoms with Crippen molar-refractivity contribution in [1.29, 1.82) is 0 Å². The summed E-state index contributed by atoms with van der Waals surface area (Å²) in [6.07, 6.45) is -0.232. The third-order valence-electron chi connectivity index (χ3n) is 9.13. The zero-order chi connectivity index (χ0) is 36.0. The summed E-state index contributed by atoms with van der Waals surface area (Å²) in [5.74, 6) is -1.67. The Morgan fingerprint density at radius 1 is 0.960 bits per heavy atom. The summed E-state index contributed by atoms with van der Waals surface area (Å²) < 4.78 is -0.716. The van der Waals surface area contributed by atoms with Gasteiger partial charge in [0.25, 0.3) is 5.91 Å². The number of rotatable bonds is 13. The standard InChI is InChI=1S/C37H44N4O7S2/c1-37(2)33(35(47)40-31-26-12-8-7-11-24(26)19-29(31)43)41(21-50-37)36(48)32(45)27(17-22-9-5-4-6-10-22)39-34(46)28(20-49-3)38-30(44)18-23-13-15-25(42)16-14-23/h4-16,27-29,31-33,42-43,45H,17-21H2,1-3H3,(H,38,44)(H,39,46)(H,40,47)/t27-,28-,29+,31-,32-,33+/m0/s1. The number of amides is 4. The molecule has 3 aromatic carbocycles. The van der Waals surface area contributed by atoms with E-state index in [9.17, 15) is 34.5 Å². The number of carbonyl (C=O) groups is 4. The monoisotopic (exact) mass is 720 g/mol. The van der Waals surface area contributed by atoms with Crippen LogP contribution in [0.15, 0.2) is 78.9 Å². The van der Waals surface area contributed by atoms with Gasteiger partial charge in [-0.15, -0.1) is 11.8 Å². The van der Waals surface area contributed by atoms with Gasteiger partial charge >= 0.3 is 0 Å². The van der Waals surface area contributed by atoms with Gasteiger partial charge in [-0.2, -0.15) is 11.8 Å². The third kappa shape index (κ3) is 8.81. The van der Waals surface area contributed by atoms with E-state index >= 15 is 0 Å². The topological polar surface area (TPSA) is 168 Å². The number of phenols is 1. The maximum Gasteiger partial charge on any atom is 0.254 e. The number of aliphatic hydroxyl groups excluding tert-OH is 2. The maximum atomic E-state index is 14.2. The number of nitrogens with one attached hydrogen (secondary N) is 3. The van der Waals surface area contributed by atoms with Gasteiger partial charge in [-0.05, 0) is 60.9 Å². The first-order valence-electron chi connectivity index (χ1n) is 16.5. The van der Waals surface area contributed by atoms with Gasteiger partial charge in [-0.25, -0.2) is 0 Å². The van der Waals surface area contributed by atoms with Gasteiger partial charge in [0.05, 0.1) is 30.5 Å². The van der Waals surface area contributed by atoms with Gasteiger partial charge in [0.2, 0.25) is 17.7 Å². The molecule has 6 N–H and O–H groups in total. The second-order valence-corrected chi connectivity index (χ2v) is 15.7. The predicted octanol–water partition coefficient (Wildman–Crippen LogP) is 2.33. The van der Waals surface area contributed by atoms with Crippen LogP contribution >= 0.6 is 23.5 Å². The van der Waals surface area contributed by atoms with E-state index in [-0.39, 0.29) is 30.2 Å². The number of hydrogen-bond donors (Lipinski definition) is 6. The lowest BCUT2D eigenvalue weighted by atomic mass is 9.96. The van der Waals surface area contributed by atoms with Crippen molar-refractivity contribution in [1.82, 2.24) is 20.9 Å². The van der Waals surface area contributed by atoms with E-state index in [0.29, 0.717) is 12.0 Å². The zero-order valence-corrected chi connectivity index (χ0v) is 29.9. The number of fused-ring (bicyclic) bond motifs is 1. The first-order chi connectivity index (χ1) is 23.9. The fourth-order valence-corrected chi connectivity index (χ4v) is 8.23. The second-order valence-electron chi connectivity index (χ2n) is 13.2. The average molecular weight is 721 g/mol. The van der Waals surface area contributed by atoms with Crippen LogP contribution in [0.5, 0.6) is 5.75 Å². The van der Waals surface area contributed by atoms with Gasteiger partial charge in [-0.3, -0.25) is 19.2 Å². The molecule has 0 unspecified atom stereocenters. The second kappa shape index (κ2) is 16.3. The lowest BCUT2D eigenvalue weighted by molar-refractivity contribution is -0.148. The van der Waals surface area contributed by atoms with Crippen molar-refractivity contribution < 1.29 is 34.5 Å². The van der Waals surface area contributed by atoms with E-state index in [1.807, 2.05) is 68.4 Å². The molecule has 0 radical (unpaired) electrons. The molecule has 3 aromatic rings. The van der Waals surface area contributed by atoms with Crippen LogP contribution in [0.25, 0.3) is 0 Å². The molecule has 1 fully saturated rings. The highest BCUT2D eigenvalue weighted by Gasteiger charge is 2.51. The number of aromatic hydroxyl groups is 1. The molecule has 1 saturated heterocycles. The Balaban J connectivity index is 1.33. The molecule has 1 aliphatic heterocycles. The van der Waals surface area contributed by atoms with Crippen LogP contribution in [0.4, 0.5) is 0 Å². The summed E-state index contributed by atoms with van der Waals surface area (Å²) in [6, 6.07) is 19.2. The SMILES string of the molecule is CSC[C@H](NC(=O)Cc1ccc(O)cc1)C(=O)N[C@@H](Cc1ccccc1)[C@H](O)C(=O)N1CSC(C)(C)[C@H]1C(=O)N[C@H]1c2ccccc2C[C@H]1O.